The van der Waals surface area contributed by atoms with E-state index in [0.29, 0.717) is 0 Å². The highest BCUT2D eigenvalue weighted by Gasteiger charge is 2.22. The van der Waals surface area contributed by atoms with E-state index in [1.807, 2.05) is 17.4 Å². The van der Waals surface area contributed by atoms with Gasteiger partial charge in [-0.25, -0.2) is 0 Å². The average molecular weight is 1360 g/mol. The van der Waals surface area contributed by atoms with Crippen LogP contribution in [-0.4, -0.2) is 18.3 Å². The fourth-order valence-corrected chi connectivity index (χ4v) is 19.4. The molecule has 0 saturated carbocycles. The van der Waals surface area contributed by atoms with Crippen LogP contribution in [0.3, 0.4) is 0 Å². The van der Waals surface area contributed by atoms with E-state index in [0.717, 1.165) is 55.8 Å². The molecule has 24 rings (SSSR count). The second-order valence-corrected chi connectivity index (χ2v) is 29.8. The minimum absolute atomic E-state index is 0.903. The smallest absolute Gasteiger partial charge is 0.135 e. The SMILES string of the molecule is c1ccc2c(c1)oc1ccc(-c3ccc4c5ccccc5c5ccc(-n6c7ccccc7c7cc(-n8c9ccccc9c9cc(-c%10ccc%11c(c%10)sc%10ccc(-c%12ccc%13ccc(-n%14c%15ccccc%15c%15cc(-n%16c%17ccccc%17c%17ccccc%17%16)ccc%15%14)cc%13c%12)cc%10%11)ccc98)ccc76)cc5c4c3)cc12. The molecular formula is C100H58N4OS. The molecule has 6 heterocycles. The van der Waals surface area contributed by atoms with Crippen molar-refractivity contribution in [2.45, 2.75) is 0 Å². The van der Waals surface area contributed by atoms with Crippen molar-refractivity contribution in [1.82, 2.24) is 18.3 Å². The molecular weight excluding hydrogens is 1310 g/mol. The van der Waals surface area contributed by atoms with Gasteiger partial charge in [0.2, 0.25) is 0 Å². The lowest BCUT2D eigenvalue weighted by Gasteiger charge is -2.15. The quantitative estimate of drug-likeness (QED) is 0.146. The number of hydrogen-bond donors (Lipinski definition) is 0. The van der Waals surface area contributed by atoms with Gasteiger partial charge < -0.3 is 22.7 Å². The fourth-order valence-electron chi connectivity index (χ4n) is 18.2. The Bertz CT molecular complexity index is 7930. The second-order valence-electron chi connectivity index (χ2n) is 28.7. The molecule has 0 radical (unpaired) electrons. The van der Waals surface area contributed by atoms with E-state index in [-0.39, 0.29) is 0 Å². The summed E-state index contributed by atoms with van der Waals surface area (Å²) in [6, 6.07) is 131. The van der Waals surface area contributed by atoms with Gasteiger partial charge >= 0.3 is 0 Å². The van der Waals surface area contributed by atoms with E-state index in [2.05, 4.69) is 364 Å². The monoisotopic (exact) mass is 1360 g/mol. The lowest BCUT2D eigenvalue weighted by Crippen LogP contribution is -1.96. The molecule has 106 heavy (non-hydrogen) atoms. The summed E-state index contributed by atoms with van der Waals surface area (Å²) in [4.78, 5) is 0. The Morgan fingerprint density at radius 1 is 0.170 bits per heavy atom. The highest BCUT2D eigenvalue weighted by atomic mass is 32.1. The van der Waals surface area contributed by atoms with Crippen molar-refractivity contribution in [3.05, 3.63) is 352 Å². The van der Waals surface area contributed by atoms with Crippen LogP contribution >= 0.6 is 11.3 Å². The molecule has 5 nitrogen and oxygen atoms in total. The maximum atomic E-state index is 6.27. The number of aromatic nitrogens is 4. The van der Waals surface area contributed by atoms with E-state index in [1.54, 1.807) is 0 Å². The summed E-state index contributed by atoms with van der Waals surface area (Å²) in [5.74, 6) is 0. The third kappa shape index (κ3) is 8.35. The van der Waals surface area contributed by atoms with E-state index in [9.17, 15) is 0 Å². The van der Waals surface area contributed by atoms with Gasteiger partial charge in [-0.3, -0.25) is 0 Å². The van der Waals surface area contributed by atoms with Gasteiger partial charge in [0, 0.05) is 96.8 Å². The normalized spacial score (nSPS) is 12.3. The number of nitrogens with zero attached hydrogens (tertiary/aromatic N) is 4. The topological polar surface area (TPSA) is 32.9 Å². The van der Waals surface area contributed by atoms with Crippen LogP contribution in [0.25, 0.3) is 229 Å². The molecule has 0 amide bonds. The number of furan rings is 1. The first kappa shape index (κ1) is 57.8. The van der Waals surface area contributed by atoms with Crippen molar-refractivity contribution in [3.63, 3.8) is 0 Å². The van der Waals surface area contributed by atoms with Crippen molar-refractivity contribution < 1.29 is 4.42 Å². The van der Waals surface area contributed by atoms with Crippen LogP contribution < -0.4 is 0 Å². The van der Waals surface area contributed by atoms with Crippen LogP contribution in [-0.2, 0) is 0 Å². The number of hydrogen-bond acceptors (Lipinski definition) is 2. The molecule has 6 heteroatoms. The van der Waals surface area contributed by atoms with Gasteiger partial charge in [0.05, 0.1) is 44.1 Å². The van der Waals surface area contributed by atoms with E-state index in [4.69, 9.17) is 4.42 Å². The van der Waals surface area contributed by atoms with Crippen molar-refractivity contribution >= 4 is 184 Å². The summed E-state index contributed by atoms with van der Waals surface area (Å²) in [7, 11) is 0. The highest BCUT2D eigenvalue weighted by Crippen LogP contribution is 2.46. The minimum atomic E-state index is 0.903. The molecule has 0 unspecified atom stereocenters. The van der Waals surface area contributed by atoms with Gasteiger partial charge in [-0.05, 0) is 228 Å². The Morgan fingerprint density at radius 3 is 1.08 bits per heavy atom. The molecule has 0 bridgehead atoms. The van der Waals surface area contributed by atoms with E-state index in [1.165, 1.54) is 173 Å². The summed E-state index contributed by atoms with van der Waals surface area (Å²) in [5, 5.41) is 24.6. The second kappa shape index (κ2) is 21.9. The lowest BCUT2D eigenvalue weighted by atomic mass is 9.91. The van der Waals surface area contributed by atoms with Crippen molar-refractivity contribution in [2.75, 3.05) is 0 Å². The first-order valence-corrected chi connectivity index (χ1v) is 37.2. The minimum Gasteiger partial charge on any atom is -0.456 e. The predicted octanol–water partition coefficient (Wildman–Crippen LogP) is 28.0. The number of rotatable bonds is 7. The molecule has 0 aliphatic carbocycles. The Balaban J connectivity index is 0.567. The van der Waals surface area contributed by atoms with E-state index < -0.39 is 0 Å². The standard InChI is InChI=1S/C100H58N4OS/c1-2-16-72-71(15-1)73-41-32-61(63-35-47-98-87(53-63)80-22-8-14-28-97(80)105-98)51-82(73)83-56-68(38-43-74(72)83)103-93-27-13-7-21-79(93)86-58-70(40-46-96(86)103)104-91-25-11-5-19-77(91)84-52-62(34-44-94(84)104)65-33-42-81-88-54-64(36-48-99(88)106-100(81)55-65)60-30-29-59-31-37-67(50-66(59)49-60)101-92-26-12-6-20-78(92)85-57-69(39-45-95(85)101)102-89-23-9-3-17-75(89)76-18-4-10-24-90(76)102/h1-58H. The van der Waals surface area contributed by atoms with Gasteiger partial charge in [0.25, 0.3) is 0 Å². The average Bonchev–Trinajstić information content (AvgIpc) is 1.30. The molecule has 0 aliphatic heterocycles. The number of fused-ring (bicyclic) bond motifs is 25. The molecule has 0 atom stereocenters. The maximum Gasteiger partial charge on any atom is 0.135 e. The Labute approximate surface area is 610 Å². The highest BCUT2D eigenvalue weighted by molar-refractivity contribution is 7.25. The van der Waals surface area contributed by atoms with Crippen LogP contribution in [0.5, 0.6) is 0 Å². The maximum absolute atomic E-state index is 6.27. The molecule has 0 fully saturated rings. The van der Waals surface area contributed by atoms with Crippen molar-refractivity contribution in [3.8, 4) is 56.1 Å². The molecule has 0 N–H and O–H groups in total. The van der Waals surface area contributed by atoms with Gasteiger partial charge in [-0.15, -0.1) is 11.3 Å². The van der Waals surface area contributed by atoms with Crippen LogP contribution in [0.2, 0.25) is 0 Å². The third-order valence-electron chi connectivity index (χ3n) is 23.1. The molecule has 18 aromatic carbocycles. The first-order chi connectivity index (χ1) is 52.5. The van der Waals surface area contributed by atoms with Crippen LogP contribution in [0, 0.1) is 0 Å². The molecule has 24 aromatic rings. The fraction of sp³-hybridized carbons (Fsp3) is 0. The number of para-hydroxylation sites is 6. The number of benzene rings is 18. The Morgan fingerprint density at radius 2 is 0.500 bits per heavy atom. The zero-order valence-corrected chi connectivity index (χ0v) is 57.9. The van der Waals surface area contributed by atoms with Crippen LogP contribution in [0.4, 0.5) is 0 Å². The number of thiophene rings is 1. The van der Waals surface area contributed by atoms with Gasteiger partial charge in [0.1, 0.15) is 11.2 Å². The van der Waals surface area contributed by atoms with Crippen LogP contribution in [0.15, 0.2) is 356 Å². The van der Waals surface area contributed by atoms with Gasteiger partial charge in [-0.1, -0.05) is 200 Å². The summed E-state index contributed by atoms with van der Waals surface area (Å²) in [5.41, 5.74) is 23.0. The van der Waals surface area contributed by atoms with Gasteiger partial charge in [-0.2, -0.15) is 0 Å². The molecule has 490 valence electrons. The summed E-state index contributed by atoms with van der Waals surface area (Å²) < 4.78 is 18.6. The third-order valence-corrected chi connectivity index (χ3v) is 24.2. The summed E-state index contributed by atoms with van der Waals surface area (Å²) in [6.07, 6.45) is 0. The zero-order valence-electron chi connectivity index (χ0n) is 57.1. The molecule has 0 saturated heterocycles. The lowest BCUT2D eigenvalue weighted by molar-refractivity contribution is 0.669. The van der Waals surface area contributed by atoms with Gasteiger partial charge in [0.15, 0.2) is 0 Å². The van der Waals surface area contributed by atoms with Crippen LogP contribution in [0.1, 0.15) is 0 Å². The molecule has 6 aromatic heterocycles. The molecule has 0 spiro atoms. The predicted molar refractivity (Wildman–Crippen MR) is 450 cm³/mol. The Kier molecular flexibility index (Phi) is 11.9. The summed E-state index contributed by atoms with van der Waals surface area (Å²) >= 11 is 1.88. The molecule has 0 aliphatic rings. The largest absolute Gasteiger partial charge is 0.456 e. The van der Waals surface area contributed by atoms with Crippen molar-refractivity contribution in [1.29, 1.82) is 0 Å². The zero-order chi connectivity index (χ0) is 69.0. The Hall–Kier alpha value is -13.8. The first-order valence-electron chi connectivity index (χ1n) is 36.4. The van der Waals surface area contributed by atoms with E-state index >= 15 is 0 Å². The van der Waals surface area contributed by atoms with Crippen molar-refractivity contribution in [2.24, 2.45) is 0 Å². The summed E-state index contributed by atoms with van der Waals surface area (Å²) in [6.45, 7) is 0.